The fourth-order valence-electron chi connectivity index (χ4n) is 1.21. The molecule has 0 atom stereocenters. The van der Waals surface area contributed by atoms with E-state index in [0.717, 1.165) is 23.3 Å². The molecule has 0 bridgehead atoms. The smallest absolute Gasteiger partial charge is 0.385 e. The zero-order valence-corrected chi connectivity index (χ0v) is 10.3. The van der Waals surface area contributed by atoms with Crippen molar-refractivity contribution >= 4 is 28.1 Å². The molecule has 0 unspecified atom stereocenters. The van der Waals surface area contributed by atoms with Crippen molar-refractivity contribution in [1.82, 2.24) is 0 Å². The quantitative estimate of drug-likeness (QED) is 0.617. The van der Waals surface area contributed by atoms with E-state index in [1.54, 1.807) is 6.07 Å². The van der Waals surface area contributed by atoms with E-state index >= 15 is 0 Å². The second-order valence-corrected chi connectivity index (χ2v) is 4.40. The Labute approximate surface area is 102 Å². The van der Waals surface area contributed by atoms with Gasteiger partial charge in [-0.2, -0.15) is 13.2 Å². The van der Waals surface area contributed by atoms with E-state index in [1.807, 2.05) is 6.92 Å². The molecule has 90 valence electrons. The molecule has 0 spiro atoms. The highest BCUT2D eigenvalue weighted by Crippen LogP contribution is 2.39. The van der Waals surface area contributed by atoms with Crippen molar-refractivity contribution in [2.24, 2.45) is 0 Å². The average Bonchev–Trinajstić information content (AvgIpc) is 2.24. The van der Waals surface area contributed by atoms with Crippen molar-refractivity contribution in [2.45, 2.75) is 24.4 Å². The summed E-state index contributed by atoms with van der Waals surface area (Å²) in [6.45, 7) is 2.61. The van der Waals surface area contributed by atoms with E-state index in [-0.39, 0.29) is 4.90 Å². The molecule has 1 N–H and O–H groups in total. The maximum absolute atomic E-state index is 12.7. The minimum absolute atomic E-state index is 0.123. The zero-order chi connectivity index (χ0) is 12.2. The van der Waals surface area contributed by atoms with Crippen LogP contribution in [0.25, 0.3) is 0 Å². The number of thiol groups is 1. The minimum Gasteiger partial charge on any atom is -0.385 e. The monoisotopic (exact) mass is 267 g/mol. The predicted molar refractivity (Wildman–Crippen MR) is 65.1 cm³/mol. The van der Waals surface area contributed by atoms with Crippen molar-refractivity contribution in [3.63, 3.8) is 0 Å². The first-order valence-electron chi connectivity index (χ1n) is 4.75. The molecule has 0 heterocycles. The lowest BCUT2D eigenvalue weighted by Crippen LogP contribution is -2.08. The third-order valence-corrected chi connectivity index (χ3v) is 3.11. The van der Waals surface area contributed by atoms with Crippen molar-refractivity contribution in [3.8, 4) is 0 Å². The van der Waals surface area contributed by atoms with Crippen molar-refractivity contribution in [3.05, 3.63) is 23.8 Å². The molecular formula is C10H12F3NS2. The number of halogens is 3. The van der Waals surface area contributed by atoms with Crippen molar-refractivity contribution in [2.75, 3.05) is 11.9 Å². The summed E-state index contributed by atoms with van der Waals surface area (Å²) in [5.41, 5.74) is -0.158. The Hall–Kier alpha value is -0.490. The van der Waals surface area contributed by atoms with Crippen LogP contribution in [0.15, 0.2) is 23.1 Å². The number of nitrogens with one attached hydrogen (secondary N) is 1. The molecule has 0 aliphatic carbocycles. The largest absolute Gasteiger partial charge is 0.417 e. The number of hydrogen-bond donors (Lipinski definition) is 2. The van der Waals surface area contributed by atoms with Crippen molar-refractivity contribution < 1.29 is 13.2 Å². The Bertz CT molecular complexity index is 352. The minimum atomic E-state index is -4.34. The molecule has 0 aliphatic heterocycles. The number of hydrogen-bond acceptors (Lipinski definition) is 3. The van der Waals surface area contributed by atoms with Gasteiger partial charge in [-0.1, -0.05) is 17.7 Å². The van der Waals surface area contributed by atoms with Crippen LogP contribution in [0.5, 0.6) is 0 Å². The van der Waals surface area contributed by atoms with Gasteiger partial charge in [-0.15, -0.1) is 11.7 Å². The van der Waals surface area contributed by atoms with Crippen molar-refractivity contribution in [1.29, 1.82) is 0 Å². The second kappa shape index (κ2) is 5.72. The number of benzene rings is 1. The van der Waals surface area contributed by atoms with Gasteiger partial charge in [-0.25, -0.2) is 0 Å². The van der Waals surface area contributed by atoms with Crippen LogP contribution >= 0.6 is 22.5 Å². The zero-order valence-electron chi connectivity index (χ0n) is 8.64. The van der Waals surface area contributed by atoms with E-state index in [4.69, 9.17) is 0 Å². The summed E-state index contributed by atoms with van der Waals surface area (Å²) in [6, 6.07) is 4.18. The summed E-state index contributed by atoms with van der Waals surface area (Å²) in [5, 5.41) is 2.92. The molecule has 0 saturated heterocycles. The van der Waals surface area contributed by atoms with Crippen LogP contribution in [-0.2, 0) is 6.18 Å². The lowest BCUT2D eigenvalue weighted by molar-refractivity contribution is -0.139. The van der Waals surface area contributed by atoms with Crippen LogP contribution in [0.3, 0.4) is 0 Å². The summed E-state index contributed by atoms with van der Waals surface area (Å²) in [5.74, 6) is 0. The highest BCUT2D eigenvalue weighted by molar-refractivity contribution is 8.68. The van der Waals surface area contributed by atoms with Gasteiger partial charge in [0.05, 0.1) is 5.56 Å². The Morgan fingerprint density at radius 1 is 1.38 bits per heavy atom. The SMILES string of the molecule is CCCNc1ccc(SS)c(C(F)(F)F)c1. The molecule has 0 aliphatic rings. The molecule has 16 heavy (non-hydrogen) atoms. The lowest BCUT2D eigenvalue weighted by Gasteiger charge is -2.13. The standard InChI is InChI=1S/C10H12F3NS2/c1-2-5-14-7-3-4-9(16-15)8(6-7)10(11,12)13/h3-4,6,14-15H,2,5H2,1H3. The van der Waals surface area contributed by atoms with Crippen LogP contribution in [0.1, 0.15) is 18.9 Å². The van der Waals surface area contributed by atoms with E-state index in [0.29, 0.717) is 12.2 Å². The van der Waals surface area contributed by atoms with Gasteiger partial charge >= 0.3 is 6.18 Å². The average molecular weight is 267 g/mol. The van der Waals surface area contributed by atoms with E-state index in [2.05, 4.69) is 17.0 Å². The Morgan fingerprint density at radius 2 is 2.06 bits per heavy atom. The molecule has 0 radical (unpaired) electrons. The molecule has 0 fully saturated rings. The van der Waals surface area contributed by atoms with Gasteiger partial charge in [-0.3, -0.25) is 0 Å². The van der Waals surface area contributed by atoms with Crippen LogP contribution < -0.4 is 5.32 Å². The molecule has 6 heteroatoms. The maximum Gasteiger partial charge on any atom is 0.417 e. The molecule has 0 aromatic heterocycles. The third kappa shape index (κ3) is 3.52. The van der Waals surface area contributed by atoms with Crippen LogP contribution in [0, 0.1) is 0 Å². The number of rotatable bonds is 4. The lowest BCUT2D eigenvalue weighted by atomic mass is 10.2. The summed E-state index contributed by atoms with van der Waals surface area (Å²) in [4.78, 5) is 0.123. The number of anilines is 1. The van der Waals surface area contributed by atoms with Gasteiger partial charge < -0.3 is 5.32 Å². The Kier molecular flexibility index (Phi) is 4.86. The summed E-state index contributed by atoms with van der Waals surface area (Å²) >= 11 is 3.81. The number of alkyl halides is 3. The normalized spacial score (nSPS) is 11.6. The van der Waals surface area contributed by atoms with Crippen LogP contribution in [-0.4, -0.2) is 6.54 Å². The van der Waals surface area contributed by atoms with Crippen LogP contribution in [0.2, 0.25) is 0 Å². The Morgan fingerprint density at radius 3 is 2.56 bits per heavy atom. The topological polar surface area (TPSA) is 12.0 Å². The third-order valence-electron chi connectivity index (χ3n) is 1.96. The van der Waals surface area contributed by atoms with Gasteiger partial charge in [0.1, 0.15) is 0 Å². The van der Waals surface area contributed by atoms with Gasteiger partial charge in [0.25, 0.3) is 0 Å². The van der Waals surface area contributed by atoms with Crippen LogP contribution in [0.4, 0.5) is 18.9 Å². The summed E-state index contributed by atoms with van der Waals surface area (Å²) in [7, 11) is 0.802. The molecule has 1 nitrogen and oxygen atoms in total. The highest BCUT2D eigenvalue weighted by atomic mass is 33.1. The fraction of sp³-hybridized carbons (Fsp3) is 0.400. The maximum atomic E-state index is 12.7. The summed E-state index contributed by atoms with van der Waals surface area (Å²) < 4.78 is 38.0. The first kappa shape index (κ1) is 13.6. The van der Waals surface area contributed by atoms with E-state index < -0.39 is 11.7 Å². The van der Waals surface area contributed by atoms with Gasteiger partial charge in [-0.05, 0) is 24.6 Å². The first-order chi connectivity index (χ1) is 7.49. The van der Waals surface area contributed by atoms with Gasteiger partial charge in [0, 0.05) is 17.1 Å². The molecule has 1 aromatic rings. The molecule has 1 aromatic carbocycles. The van der Waals surface area contributed by atoms with Gasteiger partial charge in [0.2, 0.25) is 0 Å². The van der Waals surface area contributed by atoms with E-state index in [1.165, 1.54) is 6.07 Å². The molecule has 0 amide bonds. The molecule has 0 saturated carbocycles. The second-order valence-electron chi connectivity index (χ2n) is 3.23. The molecular weight excluding hydrogens is 255 g/mol. The summed E-state index contributed by atoms with van der Waals surface area (Å²) in [6.07, 6.45) is -3.47. The first-order valence-corrected chi connectivity index (χ1v) is 6.62. The highest BCUT2D eigenvalue weighted by Gasteiger charge is 2.33. The van der Waals surface area contributed by atoms with E-state index in [9.17, 15) is 13.2 Å². The molecule has 1 rings (SSSR count). The fourth-order valence-corrected chi connectivity index (χ4v) is 2.09. The predicted octanol–water partition coefficient (Wildman–Crippen LogP) is 4.46. The van der Waals surface area contributed by atoms with Gasteiger partial charge in [0.15, 0.2) is 0 Å². The Balaban J connectivity index is 3.02.